The van der Waals surface area contributed by atoms with Gasteiger partial charge in [0, 0.05) is 6.07 Å². The summed E-state index contributed by atoms with van der Waals surface area (Å²) in [5.41, 5.74) is 0.968. The third kappa shape index (κ3) is 2.76. The summed E-state index contributed by atoms with van der Waals surface area (Å²) in [6.07, 6.45) is 0. The van der Waals surface area contributed by atoms with Crippen LogP contribution >= 0.6 is 0 Å². The van der Waals surface area contributed by atoms with Gasteiger partial charge in [-0.15, -0.1) is 10.2 Å². The van der Waals surface area contributed by atoms with Crippen LogP contribution in [0.25, 0.3) is 0 Å². The topological polar surface area (TPSA) is 55.2 Å². The number of rotatable bonds is 3. The molecule has 1 N–H and O–H groups in total. The molecule has 0 atom stereocenters. The van der Waals surface area contributed by atoms with E-state index in [1.165, 1.54) is 12.1 Å². The maximum atomic E-state index is 13.0. The van der Waals surface area contributed by atoms with Crippen molar-refractivity contribution in [1.29, 1.82) is 0 Å². The van der Waals surface area contributed by atoms with E-state index in [1.54, 1.807) is 25.1 Å². The standard InChI is InChI=1S/C12H11FN2O2/c1-8-6-10(3-4-11(8)13)17-12-5-2-9(7-16)14-15-12/h2-6,16H,7H2,1H3. The molecule has 0 aliphatic carbocycles. The zero-order valence-corrected chi connectivity index (χ0v) is 9.22. The van der Waals surface area contributed by atoms with Crippen LogP contribution in [0.5, 0.6) is 11.6 Å². The number of aryl methyl sites for hydroxylation is 1. The Kier molecular flexibility index (Phi) is 3.30. The third-order valence-corrected chi connectivity index (χ3v) is 2.21. The Bertz CT molecular complexity index is 514. The molecule has 2 rings (SSSR count). The van der Waals surface area contributed by atoms with Crippen LogP contribution in [-0.4, -0.2) is 15.3 Å². The summed E-state index contributed by atoms with van der Waals surface area (Å²) in [5, 5.41) is 16.3. The van der Waals surface area contributed by atoms with E-state index in [0.29, 0.717) is 22.9 Å². The van der Waals surface area contributed by atoms with Crippen LogP contribution in [0.2, 0.25) is 0 Å². The van der Waals surface area contributed by atoms with Gasteiger partial charge in [0.25, 0.3) is 0 Å². The molecular formula is C12H11FN2O2. The highest BCUT2D eigenvalue weighted by atomic mass is 19.1. The van der Waals surface area contributed by atoms with Gasteiger partial charge in [-0.3, -0.25) is 0 Å². The second-order valence-corrected chi connectivity index (χ2v) is 3.53. The van der Waals surface area contributed by atoms with Crippen molar-refractivity contribution in [3.05, 3.63) is 47.4 Å². The highest BCUT2D eigenvalue weighted by Gasteiger charge is 2.03. The first-order chi connectivity index (χ1) is 8.19. The Balaban J connectivity index is 2.16. The largest absolute Gasteiger partial charge is 0.438 e. The maximum Gasteiger partial charge on any atom is 0.238 e. The summed E-state index contributed by atoms with van der Waals surface area (Å²) in [6, 6.07) is 7.64. The van der Waals surface area contributed by atoms with E-state index in [2.05, 4.69) is 10.2 Å². The second-order valence-electron chi connectivity index (χ2n) is 3.53. The summed E-state index contributed by atoms with van der Waals surface area (Å²) in [7, 11) is 0. The van der Waals surface area contributed by atoms with E-state index in [-0.39, 0.29) is 12.4 Å². The van der Waals surface area contributed by atoms with Crippen LogP contribution in [0.4, 0.5) is 4.39 Å². The fraction of sp³-hybridized carbons (Fsp3) is 0.167. The Hall–Kier alpha value is -2.01. The molecule has 4 nitrogen and oxygen atoms in total. The van der Waals surface area contributed by atoms with Crippen molar-refractivity contribution in [2.24, 2.45) is 0 Å². The molecule has 5 heteroatoms. The molecule has 2 aromatic rings. The number of hydrogen-bond acceptors (Lipinski definition) is 4. The van der Waals surface area contributed by atoms with Gasteiger partial charge in [0.15, 0.2) is 0 Å². The molecule has 17 heavy (non-hydrogen) atoms. The monoisotopic (exact) mass is 234 g/mol. The normalized spacial score (nSPS) is 10.3. The van der Waals surface area contributed by atoms with Gasteiger partial charge in [0.2, 0.25) is 5.88 Å². The maximum absolute atomic E-state index is 13.0. The first kappa shape index (κ1) is 11.5. The number of halogens is 1. The second kappa shape index (κ2) is 4.88. The van der Waals surface area contributed by atoms with Crippen molar-refractivity contribution < 1.29 is 14.2 Å². The van der Waals surface area contributed by atoms with Gasteiger partial charge < -0.3 is 9.84 Å². The van der Waals surface area contributed by atoms with Crippen molar-refractivity contribution in [3.8, 4) is 11.6 Å². The lowest BCUT2D eigenvalue weighted by Crippen LogP contribution is -1.95. The molecule has 1 heterocycles. The van der Waals surface area contributed by atoms with Crippen molar-refractivity contribution in [1.82, 2.24) is 10.2 Å². The van der Waals surface area contributed by atoms with Crippen LogP contribution in [-0.2, 0) is 6.61 Å². The van der Waals surface area contributed by atoms with E-state index >= 15 is 0 Å². The molecule has 0 aliphatic rings. The Morgan fingerprint density at radius 3 is 2.65 bits per heavy atom. The van der Waals surface area contributed by atoms with Gasteiger partial charge in [0.05, 0.1) is 12.3 Å². The summed E-state index contributed by atoms with van der Waals surface area (Å²) >= 11 is 0. The molecule has 0 unspecified atom stereocenters. The minimum absolute atomic E-state index is 0.164. The highest BCUT2D eigenvalue weighted by Crippen LogP contribution is 2.21. The molecule has 1 aromatic carbocycles. The zero-order valence-electron chi connectivity index (χ0n) is 9.22. The van der Waals surface area contributed by atoms with Gasteiger partial charge >= 0.3 is 0 Å². The van der Waals surface area contributed by atoms with E-state index in [0.717, 1.165) is 0 Å². The molecule has 88 valence electrons. The Morgan fingerprint density at radius 1 is 1.24 bits per heavy atom. The minimum atomic E-state index is -0.279. The van der Waals surface area contributed by atoms with Crippen molar-refractivity contribution in [3.63, 3.8) is 0 Å². The summed E-state index contributed by atoms with van der Waals surface area (Å²) in [6.45, 7) is 1.49. The van der Waals surface area contributed by atoms with E-state index in [9.17, 15) is 4.39 Å². The summed E-state index contributed by atoms with van der Waals surface area (Å²) < 4.78 is 18.4. The smallest absolute Gasteiger partial charge is 0.238 e. The van der Waals surface area contributed by atoms with Crippen LogP contribution in [0.1, 0.15) is 11.3 Å². The molecule has 0 bridgehead atoms. The van der Waals surface area contributed by atoms with Crippen molar-refractivity contribution >= 4 is 0 Å². The average molecular weight is 234 g/mol. The molecule has 0 radical (unpaired) electrons. The number of hydrogen-bond donors (Lipinski definition) is 1. The molecule has 0 aliphatic heterocycles. The predicted octanol–water partition coefficient (Wildman–Crippen LogP) is 2.21. The predicted molar refractivity (Wildman–Crippen MR) is 59.2 cm³/mol. The van der Waals surface area contributed by atoms with Gasteiger partial charge in [-0.2, -0.15) is 0 Å². The fourth-order valence-corrected chi connectivity index (χ4v) is 1.29. The molecule has 0 fully saturated rings. The van der Waals surface area contributed by atoms with E-state index in [1.807, 2.05) is 0 Å². The molecule has 1 aromatic heterocycles. The van der Waals surface area contributed by atoms with E-state index < -0.39 is 0 Å². The Labute approximate surface area is 97.7 Å². The van der Waals surface area contributed by atoms with Gasteiger partial charge in [-0.1, -0.05) is 0 Å². The van der Waals surface area contributed by atoms with Crippen molar-refractivity contribution in [2.75, 3.05) is 0 Å². The lowest BCUT2D eigenvalue weighted by atomic mass is 10.2. The third-order valence-electron chi connectivity index (χ3n) is 2.21. The number of nitrogens with zero attached hydrogens (tertiary/aromatic N) is 2. The van der Waals surface area contributed by atoms with E-state index in [4.69, 9.17) is 9.84 Å². The van der Waals surface area contributed by atoms with Crippen molar-refractivity contribution in [2.45, 2.75) is 13.5 Å². The molecule has 0 amide bonds. The Morgan fingerprint density at radius 2 is 2.06 bits per heavy atom. The lowest BCUT2D eigenvalue weighted by Gasteiger charge is -2.05. The summed E-state index contributed by atoms with van der Waals surface area (Å²) in [5.74, 6) is 0.516. The van der Waals surface area contributed by atoms with Crippen LogP contribution < -0.4 is 4.74 Å². The fourth-order valence-electron chi connectivity index (χ4n) is 1.29. The number of aromatic nitrogens is 2. The number of benzene rings is 1. The molecular weight excluding hydrogens is 223 g/mol. The first-order valence-corrected chi connectivity index (χ1v) is 5.06. The van der Waals surface area contributed by atoms with Crippen LogP contribution in [0.15, 0.2) is 30.3 Å². The molecule has 0 saturated heterocycles. The lowest BCUT2D eigenvalue weighted by molar-refractivity contribution is 0.274. The quantitative estimate of drug-likeness (QED) is 0.884. The van der Waals surface area contributed by atoms with Crippen LogP contribution in [0.3, 0.4) is 0 Å². The summed E-state index contributed by atoms with van der Waals surface area (Å²) in [4.78, 5) is 0. The number of aliphatic hydroxyl groups is 1. The van der Waals surface area contributed by atoms with Gasteiger partial charge in [-0.25, -0.2) is 4.39 Å². The minimum Gasteiger partial charge on any atom is -0.438 e. The van der Waals surface area contributed by atoms with Gasteiger partial charge in [-0.05, 0) is 36.8 Å². The SMILES string of the molecule is Cc1cc(Oc2ccc(CO)nn2)ccc1F. The number of ether oxygens (including phenoxy) is 1. The zero-order chi connectivity index (χ0) is 12.3. The average Bonchev–Trinajstić information content (AvgIpc) is 2.35. The first-order valence-electron chi connectivity index (χ1n) is 5.06. The number of aliphatic hydroxyl groups excluding tert-OH is 1. The highest BCUT2D eigenvalue weighted by molar-refractivity contribution is 5.31. The van der Waals surface area contributed by atoms with Crippen LogP contribution in [0, 0.1) is 12.7 Å². The molecule has 0 saturated carbocycles. The molecule has 0 spiro atoms. The van der Waals surface area contributed by atoms with Gasteiger partial charge in [0.1, 0.15) is 11.6 Å².